The average molecular weight is 435 g/mol. The number of benzene rings is 1. The van der Waals surface area contributed by atoms with Crippen molar-refractivity contribution in [3.05, 3.63) is 30.0 Å². The van der Waals surface area contributed by atoms with Crippen LogP contribution in [0.5, 0.6) is 0 Å². The zero-order valence-corrected chi connectivity index (χ0v) is 18.2. The Labute approximate surface area is 177 Å². The lowest BCUT2D eigenvalue weighted by molar-refractivity contribution is 0.0635. The van der Waals surface area contributed by atoms with Crippen LogP contribution in [0.4, 0.5) is 0 Å². The van der Waals surface area contributed by atoms with E-state index >= 15 is 0 Å². The van der Waals surface area contributed by atoms with Gasteiger partial charge in [0.25, 0.3) is 5.91 Å². The molecule has 1 atom stereocenters. The van der Waals surface area contributed by atoms with E-state index in [1.807, 2.05) is 0 Å². The Balaban J connectivity index is 1.43. The number of nitrogens with zero attached hydrogens (tertiary/aromatic N) is 1. The highest BCUT2D eigenvalue weighted by atomic mass is 32.2. The number of carbonyl (C=O) groups excluding carboxylic acids is 1. The molecule has 1 unspecified atom stereocenters. The number of hydrogen-bond acceptors (Lipinski definition) is 5. The molecule has 1 aromatic carbocycles. The summed E-state index contributed by atoms with van der Waals surface area (Å²) in [5.74, 6) is 0.883. The fourth-order valence-electron chi connectivity index (χ4n) is 4.32. The number of fused-ring (bicyclic) bond motifs is 1. The Bertz CT molecular complexity index is 994. The number of sulfonamides is 1. The molecule has 1 N–H and O–H groups in total. The summed E-state index contributed by atoms with van der Waals surface area (Å²) >= 11 is 0. The van der Waals surface area contributed by atoms with Gasteiger partial charge >= 0.3 is 0 Å². The van der Waals surface area contributed by atoms with Gasteiger partial charge in [-0.25, -0.2) is 8.42 Å². The lowest BCUT2D eigenvalue weighted by Crippen LogP contribution is -2.39. The van der Waals surface area contributed by atoms with Crippen LogP contribution in [-0.2, 0) is 14.8 Å². The standard InChI is InChI=1S/C22H30N2O5S/c1-16-3-2-10-24(15-16)30(26,27)19-4-5-20-18(13-19)14-21(29-20)22(25)23-9-6-17-7-11-28-12-8-17/h4-5,13-14,16-17H,2-3,6-12,15H2,1H3,(H,23,25). The van der Waals surface area contributed by atoms with Crippen molar-refractivity contribution in [1.29, 1.82) is 0 Å². The molecule has 0 aliphatic carbocycles. The first kappa shape index (κ1) is 21.3. The molecule has 0 saturated carbocycles. The average Bonchev–Trinajstić information content (AvgIpc) is 3.18. The summed E-state index contributed by atoms with van der Waals surface area (Å²) in [7, 11) is -3.54. The third-order valence-corrected chi connectivity index (χ3v) is 8.01. The smallest absolute Gasteiger partial charge is 0.287 e. The SMILES string of the molecule is CC1CCCN(S(=O)(=O)c2ccc3oc(C(=O)NCCC4CCOCC4)cc3c2)C1. The number of amides is 1. The maximum Gasteiger partial charge on any atom is 0.287 e. The van der Waals surface area contributed by atoms with Crippen molar-refractivity contribution in [1.82, 2.24) is 9.62 Å². The Morgan fingerprint density at radius 3 is 2.77 bits per heavy atom. The minimum absolute atomic E-state index is 0.207. The normalized spacial score (nSPS) is 21.7. The molecule has 1 amide bonds. The second-order valence-electron chi connectivity index (χ2n) is 8.52. The second-order valence-corrected chi connectivity index (χ2v) is 10.5. The quantitative estimate of drug-likeness (QED) is 0.753. The molecule has 164 valence electrons. The highest BCUT2D eigenvalue weighted by molar-refractivity contribution is 7.89. The Kier molecular flexibility index (Phi) is 6.46. The monoisotopic (exact) mass is 434 g/mol. The van der Waals surface area contributed by atoms with Crippen LogP contribution < -0.4 is 5.32 Å². The highest BCUT2D eigenvalue weighted by Gasteiger charge is 2.29. The maximum absolute atomic E-state index is 13.0. The van der Waals surface area contributed by atoms with E-state index in [0.29, 0.717) is 42.4 Å². The van der Waals surface area contributed by atoms with Crippen molar-refractivity contribution in [3.8, 4) is 0 Å². The van der Waals surface area contributed by atoms with Gasteiger partial charge in [0.2, 0.25) is 10.0 Å². The van der Waals surface area contributed by atoms with Crippen LogP contribution in [0.1, 0.15) is 49.6 Å². The summed E-state index contributed by atoms with van der Waals surface area (Å²) in [6.07, 6.45) is 4.93. The van der Waals surface area contributed by atoms with Gasteiger partial charge in [-0.3, -0.25) is 4.79 Å². The summed E-state index contributed by atoms with van der Waals surface area (Å²) in [6.45, 7) is 5.36. The van der Waals surface area contributed by atoms with Gasteiger partial charge in [-0.15, -0.1) is 0 Å². The fourth-order valence-corrected chi connectivity index (χ4v) is 5.95. The first-order valence-electron chi connectivity index (χ1n) is 10.8. The lowest BCUT2D eigenvalue weighted by Gasteiger charge is -2.30. The molecular formula is C22H30N2O5S. The van der Waals surface area contributed by atoms with E-state index in [9.17, 15) is 13.2 Å². The van der Waals surface area contributed by atoms with Crippen molar-refractivity contribution < 1.29 is 22.4 Å². The molecule has 8 heteroatoms. The molecule has 2 aromatic rings. The fraction of sp³-hybridized carbons (Fsp3) is 0.591. The summed E-state index contributed by atoms with van der Waals surface area (Å²) in [4.78, 5) is 12.7. The molecule has 0 bridgehead atoms. The molecule has 4 rings (SSSR count). The number of furan rings is 1. The highest BCUT2D eigenvalue weighted by Crippen LogP contribution is 2.27. The molecule has 2 aliphatic rings. The first-order chi connectivity index (χ1) is 14.4. The minimum Gasteiger partial charge on any atom is -0.451 e. The Morgan fingerprint density at radius 2 is 2.00 bits per heavy atom. The second kappa shape index (κ2) is 9.08. The van der Waals surface area contributed by atoms with Crippen molar-refractivity contribution >= 4 is 26.9 Å². The zero-order chi connectivity index (χ0) is 21.1. The van der Waals surface area contributed by atoms with E-state index in [1.54, 1.807) is 28.6 Å². The molecule has 0 radical (unpaired) electrons. The summed E-state index contributed by atoms with van der Waals surface area (Å²) < 4.78 is 38.6. The molecule has 3 heterocycles. The van der Waals surface area contributed by atoms with E-state index in [-0.39, 0.29) is 16.6 Å². The topological polar surface area (TPSA) is 88.9 Å². The predicted octanol–water partition coefficient (Wildman–Crippen LogP) is 3.40. The summed E-state index contributed by atoms with van der Waals surface area (Å²) in [5.41, 5.74) is 0.510. The zero-order valence-electron chi connectivity index (χ0n) is 17.4. The van der Waals surface area contributed by atoms with E-state index in [2.05, 4.69) is 12.2 Å². The van der Waals surface area contributed by atoms with Gasteiger partial charge in [-0.2, -0.15) is 4.31 Å². The minimum atomic E-state index is -3.54. The number of carbonyl (C=O) groups is 1. The van der Waals surface area contributed by atoms with Crippen LogP contribution in [-0.4, -0.2) is 51.5 Å². The van der Waals surface area contributed by atoms with Crippen LogP contribution in [0.15, 0.2) is 33.6 Å². The van der Waals surface area contributed by atoms with E-state index in [0.717, 1.165) is 45.3 Å². The van der Waals surface area contributed by atoms with Gasteiger partial charge in [0.1, 0.15) is 5.58 Å². The van der Waals surface area contributed by atoms with Gasteiger partial charge in [0.05, 0.1) is 4.90 Å². The molecule has 2 saturated heterocycles. The Morgan fingerprint density at radius 1 is 1.20 bits per heavy atom. The number of rotatable bonds is 6. The van der Waals surface area contributed by atoms with Crippen molar-refractivity contribution in [2.75, 3.05) is 32.8 Å². The van der Waals surface area contributed by atoms with Crippen LogP contribution in [0, 0.1) is 11.8 Å². The van der Waals surface area contributed by atoms with Crippen LogP contribution in [0.3, 0.4) is 0 Å². The van der Waals surface area contributed by atoms with Gasteiger partial charge in [-0.05, 0) is 68.2 Å². The summed E-state index contributed by atoms with van der Waals surface area (Å²) in [5, 5.41) is 3.53. The number of hydrogen-bond donors (Lipinski definition) is 1. The first-order valence-corrected chi connectivity index (χ1v) is 12.3. The molecule has 1 aromatic heterocycles. The van der Waals surface area contributed by atoms with Gasteiger partial charge in [0, 0.05) is 38.2 Å². The molecule has 7 nitrogen and oxygen atoms in total. The molecular weight excluding hydrogens is 404 g/mol. The van der Waals surface area contributed by atoms with Crippen molar-refractivity contribution in [2.45, 2.75) is 43.9 Å². The van der Waals surface area contributed by atoms with E-state index < -0.39 is 10.0 Å². The number of ether oxygens (including phenoxy) is 1. The van der Waals surface area contributed by atoms with E-state index in [4.69, 9.17) is 9.15 Å². The van der Waals surface area contributed by atoms with Crippen LogP contribution >= 0.6 is 0 Å². The molecule has 2 fully saturated rings. The molecule has 0 spiro atoms. The van der Waals surface area contributed by atoms with Gasteiger partial charge in [-0.1, -0.05) is 6.92 Å². The maximum atomic E-state index is 13.0. The number of piperidine rings is 1. The van der Waals surface area contributed by atoms with Crippen molar-refractivity contribution in [2.24, 2.45) is 11.8 Å². The third-order valence-electron chi connectivity index (χ3n) is 6.15. The number of nitrogens with one attached hydrogen (secondary N) is 1. The van der Waals surface area contributed by atoms with E-state index in [1.165, 1.54) is 0 Å². The predicted molar refractivity (Wildman–Crippen MR) is 114 cm³/mol. The molecule has 2 aliphatic heterocycles. The van der Waals surface area contributed by atoms with Crippen LogP contribution in [0.25, 0.3) is 11.0 Å². The van der Waals surface area contributed by atoms with Crippen LogP contribution in [0.2, 0.25) is 0 Å². The molecule has 30 heavy (non-hydrogen) atoms. The Hall–Kier alpha value is -1.90. The largest absolute Gasteiger partial charge is 0.451 e. The van der Waals surface area contributed by atoms with Crippen molar-refractivity contribution in [3.63, 3.8) is 0 Å². The third kappa shape index (κ3) is 4.71. The lowest BCUT2D eigenvalue weighted by atomic mass is 9.97. The summed E-state index contributed by atoms with van der Waals surface area (Å²) in [6, 6.07) is 6.42. The van der Waals surface area contributed by atoms with Gasteiger partial charge < -0.3 is 14.5 Å². The van der Waals surface area contributed by atoms with Gasteiger partial charge in [0.15, 0.2) is 5.76 Å².